The van der Waals surface area contributed by atoms with Crippen LogP contribution in [-0.2, 0) is 11.3 Å². The number of ether oxygens (including phenoxy) is 1. The molecule has 0 saturated carbocycles. The lowest BCUT2D eigenvalue weighted by atomic mass is 10.3. The van der Waals surface area contributed by atoms with Crippen molar-refractivity contribution in [2.75, 3.05) is 25.5 Å². The molecule has 2 aromatic heterocycles. The molecule has 1 aromatic carbocycles. The number of furan rings is 1. The molecule has 0 aliphatic heterocycles. The van der Waals surface area contributed by atoms with Gasteiger partial charge in [0.05, 0.1) is 32.1 Å². The standard InChI is InChI=1S/C19H22N4O4/c1-3-10-23(12-17(24)20-14-7-4-5-8-15(14)25-2)13-18-21-22-19(27-18)16-9-6-11-26-16/h4-9,11H,3,10,12-13H2,1-2H3,(H,20,24). The Morgan fingerprint density at radius 2 is 2.07 bits per heavy atom. The van der Waals surface area contributed by atoms with Gasteiger partial charge in [-0.2, -0.15) is 0 Å². The van der Waals surface area contributed by atoms with E-state index in [4.69, 9.17) is 13.6 Å². The van der Waals surface area contributed by atoms with Crippen LogP contribution in [0, 0.1) is 0 Å². The maximum absolute atomic E-state index is 12.5. The topological polar surface area (TPSA) is 93.6 Å². The second-order valence-corrected chi connectivity index (χ2v) is 5.94. The summed E-state index contributed by atoms with van der Waals surface area (Å²) >= 11 is 0. The van der Waals surface area contributed by atoms with Crippen molar-refractivity contribution in [3.05, 3.63) is 48.6 Å². The van der Waals surface area contributed by atoms with Crippen molar-refractivity contribution in [1.82, 2.24) is 15.1 Å². The zero-order valence-corrected chi connectivity index (χ0v) is 15.3. The molecule has 2 heterocycles. The summed E-state index contributed by atoms with van der Waals surface area (Å²) in [6.45, 7) is 3.34. The summed E-state index contributed by atoms with van der Waals surface area (Å²) in [4.78, 5) is 14.4. The largest absolute Gasteiger partial charge is 0.495 e. The van der Waals surface area contributed by atoms with Crippen LogP contribution in [0.25, 0.3) is 11.7 Å². The van der Waals surface area contributed by atoms with Crippen LogP contribution in [0.3, 0.4) is 0 Å². The fourth-order valence-electron chi connectivity index (χ4n) is 2.68. The third-order valence-corrected chi connectivity index (χ3v) is 3.85. The molecule has 1 N–H and O–H groups in total. The number of nitrogens with one attached hydrogen (secondary N) is 1. The van der Waals surface area contributed by atoms with E-state index in [1.54, 1.807) is 37.6 Å². The number of para-hydroxylation sites is 2. The molecule has 27 heavy (non-hydrogen) atoms. The summed E-state index contributed by atoms with van der Waals surface area (Å²) < 4.78 is 16.1. The molecule has 3 aromatic rings. The summed E-state index contributed by atoms with van der Waals surface area (Å²) in [5.74, 6) is 1.75. The molecule has 8 heteroatoms. The zero-order chi connectivity index (χ0) is 19.1. The number of methoxy groups -OCH3 is 1. The van der Waals surface area contributed by atoms with Gasteiger partial charge in [0, 0.05) is 0 Å². The number of hydrogen-bond acceptors (Lipinski definition) is 7. The van der Waals surface area contributed by atoms with Gasteiger partial charge in [-0.15, -0.1) is 10.2 Å². The molecule has 0 unspecified atom stereocenters. The summed E-state index contributed by atoms with van der Waals surface area (Å²) in [5.41, 5.74) is 0.638. The molecule has 0 spiro atoms. The second kappa shape index (κ2) is 9.00. The molecular formula is C19H22N4O4. The Balaban J connectivity index is 1.62. The van der Waals surface area contributed by atoms with Crippen LogP contribution in [-0.4, -0.2) is 41.2 Å². The third kappa shape index (κ3) is 4.95. The molecule has 0 aliphatic rings. The maximum atomic E-state index is 12.5. The molecule has 0 saturated heterocycles. The van der Waals surface area contributed by atoms with Crippen molar-refractivity contribution in [1.29, 1.82) is 0 Å². The molecule has 0 fully saturated rings. The number of aromatic nitrogens is 2. The molecule has 0 radical (unpaired) electrons. The van der Waals surface area contributed by atoms with Crippen LogP contribution in [0.2, 0.25) is 0 Å². The first-order valence-electron chi connectivity index (χ1n) is 8.71. The first-order valence-corrected chi connectivity index (χ1v) is 8.71. The zero-order valence-electron chi connectivity index (χ0n) is 15.3. The number of hydrogen-bond donors (Lipinski definition) is 1. The minimum Gasteiger partial charge on any atom is -0.495 e. The van der Waals surface area contributed by atoms with Gasteiger partial charge in [-0.05, 0) is 37.2 Å². The summed E-state index contributed by atoms with van der Waals surface area (Å²) in [6, 6.07) is 10.8. The molecule has 0 aliphatic carbocycles. The third-order valence-electron chi connectivity index (χ3n) is 3.85. The van der Waals surface area contributed by atoms with Crippen molar-refractivity contribution >= 4 is 11.6 Å². The lowest BCUT2D eigenvalue weighted by molar-refractivity contribution is -0.117. The lowest BCUT2D eigenvalue weighted by Gasteiger charge is -2.19. The van der Waals surface area contributed by atoms with Gasteiger partial charge in [0.2, 0.25) is 11.8 Å². The van der Waals surface area contributed by atoms with Gasteiger partial charge >= 0.3 is 0 Å². The van der Waals surface area contributed by atoms with Crippen LogP contribution in [0.5, 0.6) is 5.75 Å². The summed E-state index contributed by atoms with van der Waals surface area (Å²) in [7, 11) is 1.57. The Morgan fingerprint density at radius 1 is 1.22 bits per heavy atom. The highest BCUT2D eigenvalue weighted by Crippen LogP contribution is 2.23. The van der Waals surface area contributed by atoms with Crippen molar-refractivity contribution in [2.24, 2.45) is 0 Å². The van der Waals surface area contributed by atoms with Gasteiger partial charge in [0.15, 0.2) is 5.76 Å². The Kier molecular flexibility index (Phi) is 6.22. The van der Waals surface area contributed by atoms with E-state index in [0.29, 0.717) is 35.5 Å². The Hall–Kier alpha value is -3.13. The maximum Gasteiger partial charge on any atom is 0.283 e. The number of carbonyl (C=O) groups is 1. The molecular weight excluding hydrogens is 348 g/mol. The van der Waals surface area contributed by atoms with Gasteiger partial charge in [-0.25, -0.2) is 0 Å². The van der Waals surface area contributed by atoms with E-state index in [1.165, 1.54) is 0 Å². The number of amides is 1. The molecule has 1 amide bonds. The van der Waals surface area contributed by atoms with Gasteiger partial charge < -0.3 is 18.9 Å². The highest BCUT2D eigenvalue weighted by molar-refractivity contribution is 5.93. The normalized spacial score (nSPS) is 10.9. The lowest BCUT2D eigenvalue weighted by Crippen LogP contribution is -2.33. The first-order chi connectivity index (χ1) is 13.2. The van der Waals surface area contributed by atoms with Crippen LogP contribution in [0.15, 0.2) is 51.5 Å². The predicted octanol–water partition coefficient (Wildman–Crippen LogP) is 3.19. The van der Waals surface area contributed by atoms with Crippen molar-refractivity contribution in [3.8, 4) is 17.4 Å². The van der Waals surface area contributed by atoms with Crippen LogP contribution < -0.4 is 10.1 Å². The number of benzene rings is 1. The van der Waals surface area contributed by atoms with E-state index < -0.39 is 0 Å². The van der Waals surface area contributed by atoms with Crippen molar-refractivity contribution < 1.29 is 18.4 Å². The highest BCUT2D eigenvalue weighted by Gasteiger charge is 2.17. The minimum absolute atomic E-state index is 0.140. The van der Waals surface area contributed by atoms with E-state index in [2.05, 4.69) is 15.5 Å². The smallest absolute Gasteiger partial charge is 0.283 e. The molecule has 0 bridgehead atoms. The highest BCUT2D eigenvalue weighted by atomic mass is 16.5. The first kappa shape index (κ1) is 18.7. The number of nitrogens with zero attached hydrogens (tertiary/aromatic N) is 3. The van der Waals surface area contributed by atoms with E-state index in [0.717, 1.165) is 13.0 Å². The fourth-order valence-corrected chi connectivity index (χ4v) is 2.68. The van der Waals surface area contributed by atoms with Gasteiger partial charge in [-0.3, -0.25) is 9.69 Å². The number of anilines is 1. The van der Waals surface area contributed by atoms with Crippen LogP contribution in [0.1, 0.15) is 19.2 Å². The van der Waals surface area contributed by atoms with Gasteiger partial charge in [0.25, 0.3) is 5.89 Å². The second-order valence-electron chi connectivity index (χ2n) is 5.94. The Labute approximate surface area is 157 Å². The minimum atomic E-state index is -0.140. The van der Waals surface area contributed by atoms with Gasteiger partial charge in [0.1, 0.15) is 5.75 Å². The molecule has 142 valence electrons. The van der Waals surface area contributed by atoms with Crippen LogP contribution >= 0.6 is 0 Å². The summed E-state index contributed by atoms with van der Waals surface area (Å²) in [5, 5.41) is 10.9. The Morgan fingerprint density at radius 3 is 2.81 bits per heavy atom. The van der Waals surface area contributed by atoms with E-state index >= 15 is 0 Å². The fraction of sp³-hybridized carbons (Fsp3) is 0.316. The number of rotatable bonds is 9. The molecule has 3 rings (SSSR count). The van der Waals surface area contributed by atoms with Crippen molar-refractivity contribution in [2.45, 2.75) is 19.9 Å². The monoisotopic (exact) mass is 370 g/mol. The van der Waals surface area contributed by atoms with E-state index in [1.807, 2.05) is 24.0 Å². The SMILES string of the molecule is CCCN(CC(=O)Nc1ccccc1OC)Cc1nnc(-c2ccco2)o1. The van der Waals surface area contributed by atoms with Crippen LogP contribution in [0.4, 0.5) is 5.69 Å². The quantitative estimate of drug-likeness (QED) is 0.618. The van der Waals surface area contributed by atoms with Gasteiger partial charge in [-0.1, -0.05) is 19.1 Å². The molecule has 0 atom stereocenters. The summed E-state index contributed by atoms with van der Waals surface area (Å²) in [6.07, 6.45) is 2.44. The Bertz CT molecular complexity index is 860. The van der Waals surface area contributed by atoms with E-state index in [-0.39, 0.29) is 12.5 Å². The average molecular weight is 370 g/mol. The predicted molar refractivity (Wildman–Crippen MR) is 99.2 cm³/mol. The average Bonchev–Trinajstić information content (AvgIpc) is 3.34. The van der Waals surface area contributed by atoms with E-state index in [9.17, 15) is 4.79 Å². The molecule has 8 nitrogen and oxygen atoms in total. The number of carbonyl (C=O) groups excluding carboxylic acids is 1. The van der Waals surface area contributed by atoms with Crippen molar-refractivity contribution in [3.63, 3.8) is 0 Å².